The number of nitrogens with two attached hydrogens (primary N) is 1. The molecule has 0 spiro atoms. The Balaban J connectivity index is 2.09. The summed E-state index contributed by atoms with van der Waals surface area (Å²) in [6, 6.07) is 20.2. The fourth-order valence-electron chi connectivity index (χ4n) is 3.27. The minimum atomic E-state index is -1.30. The Morgan fingerprint density at radius 3 is 2.30 bits per heavy atom. The fraction of sp³-hybridized carbons (Fsp3) is 0.259. The number of pyridine rings is 1. The first-order valence-corrected chi connectivity index (χ1v) is 11.9. The summed E-state index contributed by atoms with van der Waals surface area (Å²) >= 11 is -1.30. The van der Waals surface area contributed by atoms with E-state index < -0.39 is 11.4 Å². The molecular weight excluding hydrogens is 430 g/mol. The van der Waals surface area contributed by atoms with E-state index in [2.05, 4.69) is 22.6 Å². The normalized spacial score (nSPS) is 14.1. The molecule has 0 aliphatic heterocycles. The molecule has 0 amide bonds. The second-order valence-electron chi connectivity index (χ2n) is 8.68. The third kappa shape index (κ3) is 6.11. The van der Waals surface area contributed by atoms with Gasteiger partial charge >= 0.3 is 0 Å². The van der Waals surface area contributed by atoms with E-state index in [9.17, 15) is 4.55 Å². The molecule has 0 aliphatic rings. The van der Waals surface area contributed by atoms with Gasteiger partial charge in [-0.15, -0.1) is 0 Å². The summed E-state index contributed by atoms with van der Waals surface area (Å²) in [5.74, 6) is 0. The van der Waals surface area contributed by atoms with Crippen molar-refractivity contribution < 1.29 is 9.29 Å². The van der Waals surface area contributed by atoms with Crippen molar-refractivity contribution in [3.8, 4) is 22.4 Å². The molecule has 0 saturated heterocycles. The third-order valence-electron chi connectivity index (χ3n) is 5.22. The van der Waals surface area contributed by atoms with Gasteiger partial charge < -0.3 is 15.0 Å². The van der Waals surface area contributed by atoms with Gasteiger partial charge in [-0.1, -0.05) is 59.0 Å². The van der Waals surface area contributed by atoms with Gasteiger partial charge in [0, 0.05) is 23.8 Å². The SMILES string of the molecule is COC(C)c1cc(-c2ccccc2)c(-c2ccc(/C=N/[S+]([O-])C(C)(C)C)cc2)nc1/C=C\N. The molecule has 2 N–H and O–H groups in total. The highest BCUT2D eigenvalue weighted by atomic mass is 32.2. The predicted molar refractivity (Wildman–Crippen MR) is 139 cm³/mol. The topological polar surface area (TPSA) is 83.6 Å². The van der Waals surface area contributed by atoms with Gasteiger partial charge in [0.25, 0.3) is 0 Å². The van der Waals surface area contributed by atoms with E-state index in [0.717, 1.165) is 39.2 Å². The van der Waals surface area contributed by atoms with Crippen molar-refractivity contribution >= 4 is 23.7 Å². The van der Waals surface area contributed by atoms with E-state index in [0.29, 0.717) is 0 Å². The van der Waals surface area contributed by atoms with Gasteiger partial charge in [0.15, 0.2) is 0 Å². The fourth-order valence-corrected chi connectivity index (χ4v) is 3.81. The highest BCUT2D eigenvalue weighted by Gasteiger charge is 2.25. The second kappa shape index (κ2) is 10.8. The van der Waals surface area contributed by atoms with Crippen molar-refractivity contribution in [1.29, 1.82) is 0 Å². The molecule has 172 valence electrons. The average molecular weight is 462 g/mol. The molecule has 5 nitrogen and oxygen atoms in total. The maximum Gasteiger partial charge on any atom is 0.144 e. The number of hydrogen-bond acceptors (Lipinski definition) is 5. The molecule has 6 heteroatoms. The van der Waals surface area contributed by atoms with E-state index in [-0.39, 0.29) is 10.9 Å². The summed E-state index contributed by atoms with van der Waals surface area (Å²) in [6.07, 6.45) is 4.81. The molecule has 1 aromatic heterocycles. The molecule has 0 bridgehead atoms. The van der Waals surface area contributed by atoms with Crippen molar-refractivity contribution in [1.82, 2.24) is 4.98 Å². The van der Waals surface area contributed by atoms with Crippen LogP contribution in [0.4, 0.5) is 0 Å². The van der Waals surface area contributed by atoms with Crippen LogP contribution < -0.4 is 5.73 Å². The number of rotatable bonds is 7. The molecule has 3 rings (SSSR count). The smallest absolute Gasteiger partial charge is 0.144 e. The van der Waals surface area contributed by atoms with Crippen LogP contribution in [0.1, 0.15) is 50.6 Å². The lowest BCUT2D eigenvalue weighted by Crippen LogP contribution is -2.25. The van der Waals surface area contributed by atoms with E-state index in [1.165, 1.54) is 6.20 Å². The van der Waals surface area contributed by atoms with Crippen LogP contribution in [0.2, 0.25) is 0 Å². The predicted octanol–water partition coefficient (Wildman–Crippen LogP) is 5.93. The summed E-state index contributed by atoms with van der Waals surface area (Å²) in [7, 11) is 1.68. The molecule has 33 heavy (non-hydrogen) atoms. The zero-order valence-electron chi connectivity index (χ0n) is 19.8. The summed E-state index contributed by atoms with van der Waals surface area (Å²) < 4.78 is 21.6. The standard InChI is InChI=1S/C27H31N3O2S/c1-19(32-5)23-17-24(21-9-7-6-8-10-21)26(30-25(23)15-16-28)22-13-11-20(12-14-22)18-29-33(31)27(2,3)4/h6-19H,28H2,1-5H3/b16-15-,29-18+. The van der Waals surface area contributed by atoms with Gasteiger partial charge in [-0.25, -0.2) is 4.98 Å². The van der Waals surface area contributed by atoms with Gasteiger partial charge in [-0.3, -0.25) is 0 Å². The van der Waals surface area contributed by atoms with Gasteiger partial charge in [-0.05, 0) is 57.2 Å². The Morgan fingerprint density at radius 2 is 1.73 bits per heavy atom. The molecule has 2 unspecified atom stereocenters. The zero-order chi connectivity index (χ0) is 24.0. The summed E-state index contributed by atoms with van der Waals surface area (Å²) in [4.78, 5) is 4.99. The molecule has 2 aromatic carbocycles. The molecule has 2 atom stereocenters. The number of aromatic nitrogens is 1. The summed E-state index contributed by atoms with van der Waals surface area (Å²) in [6.45, 7) is 7.71. The lowest BCUT2D eigenvalue weighted by atomic mass is 9.94. The molecular formula is C27H31N3O2S. The molecule has 0 radical (unpaired) electrons. The Hall–Kier alpha value is -2.93. The maximum absolute atomic E-state index is 12.2. The molecule has 0 saturated carbocycles. The van der Waals surface area contributed by atoms with Crippen LogP contribution in [0.25, 0.3) is 28.5 Å². The first-order valence-electron chi connectivity index (χ1n) is 10.8. The number of benzene rings is 2. The third-order valence-corrected chi connectivity index (χ3v) is 6.56. The minimum absolute atomic E-state index is 0.137. The number of nitrogens with zero attached hydrogens (tertiary/aromatic N) is 2. The first-order chi connectivity index (χ1) is 15.7. The Kier molecular flexibility index (Phi) is 8.08. The van der Waals surface area contributed by atoms with Crippen molar-refractivity contribution in [3.63, 3.8) is 0 Å². The van der Waals surface area contributed by atoms with Crippen molar-refractivity contribution in [2.75, 3.05) is 7.11 Å². The number of hydrogen-bond donors (Lipinski definition) is 1. The Bertz CT molecular complexity index is 1120. The summed E-state index contributed by atoms with van der Waals surface area (Å²) in [5, 5.41) is 0. The van der Waals surface area contributed by atoms with Crippen LogP contribution in [0.15, 0.2) is 71.3 Å². The summed E-state index contributed by atoms with van der Waals surface area (Å²) in [5.41, 5.74) is 12.2. The number of methoxy groups -OCH3 is 1. The minimum Gasteiger partial charge on any atom is -0.591 e. The number of ether oxygens (including phenoxy) is 1. The Labute approximate surface area is 199 Å². The van der Waals surface area contributed by atoms with Crippen LogP contribution in [0.3, 0.4) is 0 Å². The highest BCUT2D eigenvalue weighted by molar-refractivity contribution is 7.91. The van der Waals surface area contributed by atoms with E-state index in [1.54, 1.807) is 19.4 Å². The van der Waals surface area contributed by atoms with Crippen molar-refractivity contribution in [2.45, 2.75) is 38.5 Å². The maximum atomic E-state index is 12.2. The van der Waals surface area contributed by atoms with Crippen LogP contribution >= 0.6 is 0 Å². The lowest BCUT2D eigenvalue weighted by Gasteiger charge is -2.18. The van der Waals surface area contributed by atoms with Gasteiger partial charge in [0.2, 0.25) is 0 Å². The van der Waals surface area contributed by atoms with Gasteiger partial charge in [0.05, 0.1) is 23.7 Å². The van der Waals surface area contributed by atoms with Gasteiger partial charge in [-0.2, -0.15) is 0 Å². The quantitative estimate of drug-likeness (QED) is 0.349. The lowest BCUT2D eigenvalue weighted by molar-refractivity contribution is 0.119. The van der Waals surface area contributed by atoms with Crippen LogP contribution in [0, 0.1) is 0 Å². The highest BCUT2D eigenvalue weighted by Crippen LogP contribution is 2.35. The van der Waals surface area contributed by atoms with Crippen LogP contribution in [0.5, 0.6) is 0 Å². The second-order valence-corrected chi connectivity index (χ2v) is 10.6. The largest absolute Gasteiger partial charge is 0.591 e. The molecule has 1 heterocycles. The first kappa shape index (κ1) is 24.7. The van der Waals surface area contributed by atoms with Gasteiger partial charge in [0.1, 0.15) is 16.1 Å². The molecule has 0 aliphatic carbocycles. The van der Waals surface area contributed by atoms with Crippen molar-refractivity contribution in [3.05, 3.63) is 83.7 Å². The Morgan fingerprint density at radius 1 is 1.06 bits per heavy atom. The molecule has 3 aromatic rings. The van der Waals surface area contributed by atoms with Crippen LogP contribution in [-0.2, 0) is 16.1 Å². The molecule has 0 fully saturated rings. The monoisotopic (exact) mass is 461 g/mol. The van der Waals surface area contributed by atoms with E-state index >= 15 is 0 Å². The zero-order valence-corrected chi connectivity index (χ0v) is 20.6. The van der Waals surface area contributed by atoms with E-state index in [1.807, 2.05) is 70.2 Å². The van der Waals surface area contributed by atoms with E-state index in [4.69, 9.17) is 15.5 Å². The van der Waals surface area contributed by atoms with Crippen molar-refractivity contribution in [2.24, 2.45) is 10.1 Å². The average Bonchev–Trinajstić information content (AvgIpc) is 2.82. The van der Waals surface area contributed by atoms with Crippen LogP contribution in [-0.4, -0.2) is 27.6 Å².